The van der Waals surface area contributed by atoms with Gasteiger partial charge in [0, 0.05) is 31.7 Å². The molecule has 1 saturated heterocycles. The van der Waals surface area contributed by atoms with Gasteiger partial charge in [-0.15, -0.1) is 0 Å². The Balaban J connectivity index is 1.63. The summed E-state index contributed by atoms with van der Waals surface area (Å²) in [7, 11) is 0. The number of rotatable bonds is 4. The fourth-order valence-corrected chi connectivity index (χ4v) is 3.23. The van der Waals surface area contributed by atoms with E-state index in [0.717, 1.165) is 37.9 Å². The van der Waals surface area contributed by atoms with E-state index in [9.17, 15) is 9.59 Å². The van der Waals surface area contributed by atoms with Gasteiger partial charge in [-0.05, 0) is 44.7 Å². The van der Waals surface area contributed by atoms with Gasteiger partial charge >= 0.3 is 6.03 Å². The summed E-state index contributed by atoms with van der Waals surface area (Å²) in [6.45, 7) is 4.90. The maximum Gasteiger partial charge on any atom is 0.323 e. The number of urea groups is 1. The highest BCUT2D eigenvalue weighted by molar-refractivity contribution is 5.88. The van der Waals surface area contributed by atoms with E-state index in [1.807, 2.05) is 28.9 Å². The molecule has 1 aromatic heterocycles. The number of aryl methyl sites for hydroxylation is 1. The summed E-state index contributed by atoms with van der Waals surface area (Å²) < 4.78 is 0. The van der Waals surface area contributed by atoms with Gasteiger partial charge in [-0.1, -0.05) is 6.07 Å². The van der Waals surface area contributed by atoms with Crippen molar-refractivity contribution in [3.63, 3.8) is 0 Å². The van der Waals surface area contributed by atoms with Crippen LogP contribution in [0, 0.1) is 6.92 Å². The van der Waals surface area contributed by atoms with Crippen LogP contribution in [0.1, 0.15) is 38.3 Å². The minimum absolute atomic E-state index is 0.101. The second-order valence-corrected chi connectivity index (χ2v) is 6.49. The number of carbonyl (C=O) groups is 2. The number of hydrogen-bond donors (Lipinski definition) is 1. The van der Waals surface area contributed by atoms with Crippen molar-refractivity contribution in [2.45, 2.75) is 51.6 Å². The molecule has 3 amide bonds. The maximum absolute atomic E-state index is 12.5. The second-order valence-electron chi connectivity index (χ2n) is 6.49. The third kappa shape index (κ3) is 3.81. The fourth-order valence-electron chi connectivity index (χ4n) is 3.23. The van der Waals surface area contributed by atoms with E-state index in [-0.39, 0.29) is 18.0 Å². The van der Waals surface area contributed by atoms with Crippen molar-refractivity contribution in [2.24, 2.45) is 0 Å². The maximum atomic E-state index is 12.5. The molecule has 1 N–H and O–H groups in total. The molecule has 1 aliphatic carbocycles. The van der Waals surface area contributed by atoms with Gasteiger partial charge in [0.05, 0.1) is 6.04 Å². The number of aromatic nitrogens is 1. The predicted octanol–water partition coefficient (Wildman–Crippen LogP) is 2.40. The molecule has 23 heavy (non-hydrogen) atoms. The molecule has 1 aliphatic heterocycles. The van der Waals surface area contributed by atoms with Crippen molar-refractivity contribution in [3.05, 3.63) is 23.9 Å². The highest BCUT2D eigenvalue weighted by Gasteiger charge is 2.36. The van der Waals surface area contributed by atoms with Gasteiger partial charge in [0.15, 0.2) is 0 Å². The van der Waals surface area contributed by atoms with Crippen LogP contribution in [0.25, 0.3) is 0 Å². The summed E-state index contributed by atoms with van der Waals surface area (Å²) in [5.74, 6) is 0.686. The van der Waals surface area contributed by atoms with Crippen LogP contribution >= 0.6 is 0 Å². The van der Waals surface area contributed by atoms with Crippen molar-refractivity contribution >= 4 is 17.8 Å². The van der Waals surface area contributed by atoms with E-state index in [2.05, 4.69) is 10.3 Å². The van der Waals surface area contributed by atoms with E-state index in [4.69, 9.17) is 0 Å². The summed E-state index contributed by atoms with van der Waals surface area (Å²) in [5, 5.41) is 2.87. The number of nitrogens with one attached hydrogen (secondary N) is 1. The zero-order valence-corrected chi connectivity index (χ0v) is 13.8. The van der Waals surface area contributed by atoms with Crippen LogP contribution in [-0.4, -0.2) is 51.9 Å². The number of anilines is 1. The van der Waals surface area contributed by atoms with Crippen LogP contribution < -0.4 is 5.32 Å². The van der Waals surface area contributed by atoms with Crippen molar-refractivity contribution in [2.75, 3.05) is 18.4 Å². The summed E-state index contributed by atoms with van der Waals surface area (Å²) in [4.78, 5) is 32.5. The Morgan fingerprint density at radius 3 is 2.78 bits per heavy atom. The Bertz CT molecular complexity index is 600. The van der Waals surface area contributed by atoms with Crippen molar-refractivity contribution < 1.29 is 9.59 Å². The second kappa shape index (κ2) is 6.56. The molecule has 0 bridgehead atoms. The van der Waals surface area contributed by atoms with Crippen molar-refractivity contribution in [1.29, 1.82) is 0 Å². The average Bonchev–Trinajstić information content (AvgIpc) is 3.22. The van der Waals surface area contributed by atoms with Crippen molar-refractivity contribution in [3.8, 4) is 0 Å². The van der Waals surface area contributed by atoms with Crippen LogP contribution in [0.5, 0.6) is 0 Å². The molecule has 1 saturated carbocycles. The average molecular weight is 316 g/mol. The highest BCUT2D eigenvalue weighted by atomic mass is 16.2. The lowest BCUT2D eigenvalue weighted by Gasteiger charge is -2.30. The SMILES string of the molecule is CC(=O)N(C[C@@H]1CCCN1C(=O)Nc1cccc(C)n1)C1CC1. The summed E-state index contributed by atoms with van der Waals surface area (Å²) >= 11 is 0. The minimum atomic E-state index is -0.120. The number of pyridine rings is 1. The van der Waals surface area contributed by atoms with Gasteiger partial charge in [0.1, 0.15) is 5.82 Å². The highest BCUT2D eigenvalue weighted by Crippen LogP contribution is 2.29. The Morgan fingerprint density at radius 2 is 2.13 bits per heavy atom. The summed E-state index contributed by atoms with van der Waals surface area (Å²) in [5.41, 5.74) is 0.872. The number of hydrogen-bond acceptors (Lipinski definition) is 3. The van der Waals surface area contributed by atoms with Gasteiger partial charge in [-0.25, -0.2) is 9.78 Å². The molecule has 6 nitrogen and oxygen atoms in total. The molecule has 2 heterocycles. The molecule has 124 valence electrons. The lowest BCUT2D eigenvalue weighted by atomic mass is 10.2. The molecule has 6 heteroatoms. The largest absolute Gasteiger partial charge is 0.338 e. The number of carbonyl (C=O) groups excluding carboxylic acids is 2. The molecule has 3 rings (SSSR count). The first-order valence-electron chi connectivity index (χ1n) is 8.33. The zero-order chi connectivity index (χ0) is 16.4. The van der Waals surface area contributed by atoms with E-state index >= 15 is 0 Å². The summed E-state index contributed by atoms with van der Waals surface area (Å²) in [6.07, 6.45) is 4.11. The quantitative estimate of drug-likeness (QED) is 0.927. The third-order valence-electron chi connectivity index (χ3n) is 4.56. The van der Waals surface area contributed by atoms with Gasteiger partial charge in [0.25, 0.3) is 0 Å². The number of nitrogens with zero attached hydrogens (tertiary/aromatic N) is 3. The molecule has 1 atom stereocenters. The monoisotopic (exact) mass is 316 g/mol. The minimum Gasteiger partial charge on any atom is -0.338 e. The van der Waals surface area contributed by atoms with Crippen LogP contribution in [0.4, 0.5) is 10.6 Å². The Hall–Kier alpha value is -2.11. The molecule has 2 fully saturated rings. The molecular formula is C17H24N4O2. The third-order valence-corrected chi connectivity index (χ3v) is 4.56. The molecule has 0 spiro atoms. The smallest absolute Gasteiger partial charge is 0.323 e. The molecule has 0 aromatic carbocycles. The van der Waals surface area contributed by atoms with E-state index < -0.39 is 0 Å². The van der Waals surface area contributed by atoms with E-state index in [0.29, 0.717) is 18.4 Å². The topological polar surface area (TPSA) is 65.5 Å². The number of amides is 3. The first kappa shape index (κ1) is 15.8. The molecule has 2 aliphatic rings. The van der Waals surface area contributed by atoms with Crippen LogP contribution in [-0.2, 0) is 4.79 Å². The van der Waals surface area contributed by atoms with Gasteiger partial charge in [0.2, 0.25) is 5.91 Å². The number of likely N-dealkylation sites (tertiary alicyclic amines) is 1. The van der Waals surface area contributed by atoms with Crippen LogP contribution in [0.3, 0.4) is 0 Å². The lowest BCUT2D eigenvalue weighted by molar-refractivity contribution is -0.130. The molecule has 0 unspecified atom stereocenters. The Kier molecular flexibility index (Phi) is 4.50. The molecule has 0 radical (unpaired) electrons. The first-order chi connectivity index (χ1) is 11.0. The Morgan fingerprint density at radius 1 is 1.35 bits per heavy atom. The van der Waals surface area contributed by atoms with Gasteiger partial charge < -0.3 is 9.80 Å². The summed E-state index contributed by atoms with van der Waals surface area (Å²) in [6, 6.07) is 5.94. The van der Waals surface area contributed by atoms with E-state index in [1.165, 1.54) is 0 Å². The normalized spacial score (nSPS) is 20.4. The Labute approximate surface area is 136 Å². The van der Waals surface area contributed by atoms with Gasteiger partial charge in [-0.3, -0.25) is 10.1 Å². The first-order valence-corrected chi connectivity index (χ1v) is 8.33. The van der Waals surface area contributed by atoms with Crippen molar-refractivity contribution in [1.82, 2.24) is 14.8 Å². The van der Waals surface area contributed by atoms with Crippen LogP contribution in [0.2, 0.25) is 0 Å². The van der Waals surface area contributed by atoms with Gasteiger partial charge in [-0.2, -0.15) is 0 Å². The van der Waals surface area contributed by atoms with E-state index in [1.54, 1.807) is 13.0 Å². The zero-order valence-electron chi connectivity index (χ0n) is 13.8. The standard InChI is InChI=1S/C17H24N4O2/c1-12-5-3-7-16(18-12)19-17(23)20-10-4-6-15(20)11-21(13(2)22)14-8-9-14/h3,5,7,14-15H,4,6,8-11H2,1-2H3,(H,18,19,23)/t15-/m0/s1. The fraction of sp³-hybridized carbons (Fsp3) is 0.588. The molecule has 1 aromatic rings. The lowest BCUT2D eigenvalue weighted by Crippen LogP contribution is -2.46. The predicted molar refractivity (Wildman–Crippen MR) is 88.1 cm³/mol. The van der Waals surface area contributed by atoms with Crippen LogP contribution in [0.15, 0.2) is 18.2 Å². The molecular weight excluding hydrogens is 292 g/mol.